The van der Waals surface area contributed by atoms with Crippen LogP contribution in [-0.4, -0.2) is 14.8 Å². The van der Waals surface area contributed by atoms with Gasteiger partial charge in [0, 0.05) is 28.7 Å². The van der Waals surface area contributed by atoms with Crippen molar-refractivity contribution in [1.82, 2.24) is 9.97 Å². The third-order valence-corrected chi connectivity index (χ3v) is 3.96. The standard InChI is InChI=1S/C14H12BrFN2/c15-11-5-4-10-8-17-14(18-13(10)7-11)9-2-1-3-12(16)6-9/h1-3,6,8,11H,4-5,7H2. The zero-order chi connectivity index (χ0) is 12.5. The largest absolute Gasteiger partial charge is 0.236 e. The topological polar surface area (TPSA) is 25.8 Å². The highest BCUT2D eigenvalue weighted by Crippen LogP contribution is 2.26. The van der Waals surface area contributed by atoms with Crippen molar-refractivity contribution in [3.63, 3.8) is 0 Å². The Morgan fingerprint density at radius 3 is 3.06 bits per heavy atom. The summed E-state index contributed by atoms with van der Waals surface area (Å²) in [6, 6.07) is 6.41. The highest BCUT2D eigenvalue weighted by atomic mass is 79.9. The first-order valence-corrected chi connectivity index (χ1v) is 6.89. The van der Waals surface area contributed by atoms with Gasteiger partial charge in [-0.1, -0.05) is 28.1 Å². The summed E-state index contributed by atoms with van der Waals surface area (Å²) in [5.74, 6) is 0.349. The Kier molecular flexibility index (Phi) is 3.12. The molecule has 1 aliphatic rings. The molecule has 2 aromatic rings. The van der Waals surface area contributed by atoms with Gasteiger partial charge in [-0.3, -0.25) is 0 Å². The summed E-state index contributed by atoms with van der Waals surface area (Å²) in [6.45, 7) is 0. The molecule has 0 aliphatic heterocycles. The summed E-state index contributed by atoms with van der Waals surface area (Å²) in [5.41, 5.74) is 3.03. The van der Waals surface area contributed by atoms with Crippen LogP contribution in [0.25, 0.3) is 11.4 Å². The maximum Gasteiger partial charge on any atom is 0.159 e. The lowest BCUT2D eigenvalue weighted by molar-refractivity contribution is 0.628. The number of alkyl halides is 1. The lowest BCUT2D eigenvalue weighted by Gasteiger charge is -2.19. The van der Waals surface area contributed by atoms with Gasteiger partial charge in [0.15, 0.2) is 5.82 Å². The molecule has 0 bridgehead atoms. The number of aryl methyl sites for hydroxylation is 1. The van der Waals surface area contributed by atoms with E-state index < -0.39 is 0 Å². The van der Waals surface area contributed by atoms with Gasteiger partial charge in [-0.2, -0.15) is 0 Å². The number of nitrogens with zero attached hydrogens (tertiary/aromatic N) is 2. The SMILES string of the molecule is Fc1cccc(-c2ncc3c(n2)CC(Br)CC3)c1. The molecule has 1 heterocycles. The van der Waals surface area contributed by atoms with Crippen LogP contribution < -0.4 is 0 Å². The van der Waals surface area contributed by atoms with E-state index in [4.69, 9.17) is 0 Å². The van der Waals surface area contributed by atoms with Crippen LogP contribution in [0.5, 0.6) is 0 Å². The van der Waals surface area contributed by atoms with Gasteiger partial charge in [-0.05, 0) is 30.5 Å². The summed E-state index contributed by atoms with van der Waals surface area (Å²) >= 11 is 3.63. The van der Waals surface area contributed by atoms with Gasteiger partial charge in [0.1, 0.15) is 5.82 Å². The van der Waals surface area contributed by atoms with Gasteiger partial charge in [-0.25, -0.2) is 14.4 Å². The Labute approximate surface area is 113 Å². The summed E-state index contributed by atoms with van der Waals surface area (Å²) in [5, 5.41) is 0. The van der Waals surface area contributed by atoms with E-state index in [1.54, 1.807) is 6.07 Å². The van der Waals surface area contributed by atoms with E-state index >= 15 is 0 Å². The first-order valence-electron chi connectivity index (χ1n) is 5.97. The lowest BCUT2D eigenvalue weighted by atomic mass is 9.97. The molecule has 1 aliphatic carbocycles. The van der Waals surface area contributed by atoms with Crippen LogP contribution in [0.1, 0.15) is 17.7 Å². The van der Waals surface area contributed by atoms with Gasteiger partial charge in [-0.15, -0.1) is 0 Å². The van der Waals surface area contributed by atoms with Crippen molar-refractivity contribution >= 4 is 15.9 Å². The van der Waals surface area contributed by atoms with Gasteiger partial charge in [0.2, 0.25) is 0 Å². The number of hydrogen-bond donors (Lipinski definition) is 0. The maximum atomic E-state index is 13.2. The predicted octanol–water partition coefficient (Wildman–Crippen LogP) is 3.53. The average molecular weight is 307 g/mol. The second-order valence-electron chi connectivity index (χ2n) is 4.52. The number of halogens is 2. The Morgan fingerprint density at radius 1 is 1.33 bits per heavy atom. The van der Waals surface area contributed by atoms with Gasteiger partial charge in [0.25, 0.3) is 0 Å². The van der Waals surface area contributed by atoms with Crippen LogP contribution in [0.4, 0.5) is 4.39 Å². The fourth-order valence-electron chi connectivity index (χ4n) is 2.22. The van der Waals surface area contributed by atoms with Crippen LogP contribution in [-0.2, 0) is 12.8 Å². The van der Waals surface area contributed by atoms with E-state index in [9.17, 15) is 4.39 Å². The quantitative estimate of drug-likeness (QED) is 0.753. The molecule has 0 saturated heterocycles. The smallest absolute Gasteiger partial charge is 0.159 e. The number of aromatic nitrogens is 2. The zero-order valence-corrected chi connectivity index (χ0v) is 11.3. The fraction of sp³-hybridized carbons (Fsp3) is 0.286. The van der Waals surface area contributed by atoms with E-state index in [1.165, 1.54) is 17.7 Å². The van der Waals surface area contributed by atoms with Gasteiger partial charge >= 0.3 is 0 Å². The van der Waals surface area contributed by atoms with E-state index in [0.717, 1.165) is 30.5 Å². The molecule has 3 rings (SSSR count). The summed E-state index contributed by atoms with van der Waals surface area (Å²) in [6.07, 6.45) is 4.92. The zero-order valence-electron chi connectivity index (χ0n) is 9.74. The number of rotatable bonds is 1. The third kappa shape index (κ3) is 2.29. The number of benzene rings is 1. The number of fused-ring (bicyclic) bond motifs is 1. The minimum absolute atomic E-state index is 0.257. The Balaban J connectivity index is 2.01. The molecule has 1 unspecified atom stereocenters. The van der Waals surface area contributed by atoms with E-state index in [2.05, 4.69) is 25.9 Å². The van der Waals surface area contributed by atoms with Crippen molar-refractivity contribution in [3.05, 3.63) is 47.5 Å². The van der Waals surface area contributed by atoms with Gasteiger partial charge < -0.3 is 0 Å². The van der Waals surface area contributed by atoms with Crippen molar-refractivity contribution in [1.29, 1.82) is 0 Å². The fourth-order valence-corrected chi connectivity index (χ4v) is 2.75. The van der Waals surface area contributed by atoms with E-state index in [-0.39, 0.29) is 5.82 Å². The first kappa shape index (κ1) is 11.8. The molecule has 2 nitrogen and oxygen atoms in total. The maximum absolute atomic E-state index is 13.2. The number of hydrogen-bond acceptors (Lipinski definition) is 2. The monoisotopic (exact) mass is 306 g/mol. The molecule has 1 atom stereocenters. The lowest BCUT2D eigenvalue weighted by Crippen LogP contribution is -2.16. The van der Waals surface area contributed by atoms with Crippen molar-refractivity contribution in [2.75, 3.05) is 0 Å². The molecule has 92 valence electrons. The van der Waals surface area contributed by atoms with Crippen molar-refractivity contribution < 1.29 is 4.39 Å². The second kappa shape index (κ2) is 4.76. The molecule has 0 radical (unpaired) electrons. The molecule has 4 heteroatoms. The Morgan fingerprint density at radius 2 is 2.22 bits per heavy atom. The highest BCUT2D eigenvalue weighted by molar-refractivity contribution is 9.09. The minimum atomic E-state index is -0.257. The molecule has 0 fully saturated rings. The second-order valence-corrected chi connectivity index (χ2v) is 5.81. The van der Waals surface area contributed by atoms with Crippen molar-refractivity contribution in [2.24, 2.45) is 0 Å². The van der Waals surface area contributed by atoms with Crippen LogP contribution >= 0.6 is 15.9 Å². The molecule has 18 heavy (non-hydrogen) atoms. The minimum Gasteiger partial charge on any atom is -0.236 e. The third-order valence-electron chi connectivity index (χ3n) is 3.18. The van der Waals surface area contributed by atoms with Crippen molar-refractivity contribution in [2.45, 2.75) is 24.1 Å². The van der Waals surface area contributed by atoms with E-state index in [1.807, 2.05) is 12.3 Å². The molecule has 0 amide bonds. The van der Waals surface area contributed by atoms with Crippen molar-refractivity contribution in [3.8, 4) is 11.4 Å². The highest BCUT2D eigenvalue weighted by Gasteiger charge is 2.18. The molecular formula is C14H12BrFN2. The van der Waals surface area contributed by atoms with Crippen LogP contribution in [0.3, 0.4) is 0 Å². The normalized spacial score (nSPS) is 18.4. The Bertz CT molecular complexity index is 586. The molecule has 1 aromatic carbocycles. The van der Waals surface area contributed by atoms with Crippen LogP contribution in [0.15, 0.2) is 30.5 Å². The molecular weight excluding hydrogens is 295 g/mol. The van der Waals surface area contributed by atoms with Crippen LogP contribution in [0.2, 0.25) is 0 Å². The molecule has 0 N–H and O–H groups in total. The first-order chi connectivity index (χ1) is 8.72. The predicted molar refractivity (Wildman–Crippen MR) is 72.2 cm³/mol. The van der Waals surface area contributed by atoms with Crippen LogP contribution in [0, 0.1) is 5.82 Å². The summed E-state index contributed by atoms with van der Waals surface area (Å²) in [4.78, 5) is 9.39. The summed E-state index contributed by atoms with van der Waals surface area (Å²) < 4.78 is 13.2. The van der Waals surface area contributed by atoms with E-state index in [0.29, 0.717) is 10.7 Å². The van der Waals surface area contributed by atoms with Gasteiger partial charge in [0.05, 0.1) is 0 Å². The molecule has 0 saturated carbocycles. The summed E-state index contributed by atoms with van der Waals surface area (Å²) in [7, 11) is 0. The molecule has 1 aromatic heterocycles. The average Bonchev–Trinajstić information content (AvgIpc) is 2.38. The molecule has 0 spiro atoms. The Hall–Kier alpha value is -1.29.